The lowest BCUT2D eigenvalue weighted by Gasteiger charge is -2.39. The first-order valence-electron chi connectivity index (χ1n) is 6.62. The first-order valence-corrected chi connectivity index (χ1v) is 7.82. The molecule has 4 heteroatoms. The van der Waals surface area contributed by atoms with Gasteiger partial charge in [0.05, 0.1) is 5.41 Å². The number of alkyl halides is 1. The molecule has 0 heterocycles. The molecule has 0 amide bonds. The number of aldehydes is 1. The zero-order valence-corrected chi connectivity index (χ0v) is 14.3. The number of benzene rings is 1. The van der Waals surface area contributed by atoms with Gasteiger partial charge in [0, 0.05) is 9.64 Å². The Morgan fingerprint density at radius 3 is 2.10 bits per heavy atom. The molecule has 0 saturated carbocycles. The molecule has 2 atom stereocenters. The normalized spacial score (nSPS) is 18.1. The Labute approximate surface area is 130 Å². The number of hydrogen-bond donors (Lipinski definition) is 1. The minimum atomic E-state index is -1.56. The Bertz CT molecular complexity index is 462. The summed E-state index contributed by atoms with van der Waals surface area (Å²) in [5.41, 5.74) is 0.226. The van der Waals surface area contributed by atoms with Gasteiger partial charge in [0.15, 0.2) is 0 Å². The molecule has 0 aliphatic rings. The van der Waals surface area contributed by atoms with Crippen molar-refractivity contribution in [3.8, 4) is 0 Å². The second kappa shape index (κ2) is 6.08. The van der Waals surface area contributed by atoms with Gasteiger partial charge in [0.1, 0.15) is 11.3 Å². The summed E-state index contributed by atoms with van der Waals surface area (Å²) in [4.78, 5) is 12.5. The van der Waals surface area contributed by atoms with Crippen molar-refractivity contribution in [2.45, 2.75) is 55.7 Å². The molecule has 0 bridgehead atoms. The zero-order valence-electron chi connectivity index (χ0n) is 12.7. The van der Waals surface area contributed by atoms with Crippen molar-refractivity contribution in [3.05, 3.63) is 29.8 Å². The molecule has 0 radical (unpaired) electrons. The van der Waals surface area contributed by atoms with Crippen LogP contribution in [0, 0.1) is 12.3 Å². The fourth-order valence-electron chi connectivity index (χ4n) is 2.16. The molecule has 1 aromatic rings. The van der Waals surface area contributed by atoms with Crippen molar-refractivity contribution in [2.24, 2.45) is 5.41 Å². The molecular formula is C16H23ClO2S. The standard InChI is InChI=1S/C16H23ClO2S/c1-12-6-8-13(9-7-12)20-14(2,3)10-15(4,11-18)16(5,17)19/h6-9,11,19H,10H2,1-5H3. The quantitative estimate of drug-likeness (QED) is 0.480. The Kier molecular flexibility index (Phi) is 5.34. The van der Waals surface area contributed by atoms with Crippen LogP contribution in [-0.4, -0.2) is 21.2 Å². The summed E-state index contributed by atoms with van der Waals surface area (Å²) in [5, 5.41) is 8.47. The molecule has 1 rings (SSSR count). The fourth-order valence-corrected chi connectivity index (χ4v) is 3.55. The van der Waals surface area contributed by atoms with Crippen LogP contribution in [0.2, 0.25) is 0 Å². The smallest absolute Gasteiger partial charge is 0.147 e. The molecule has 112 valence electrons. The van der Waals surface area contributed by atoms with Crippen molar-refractivity contribution in [3.63, 3.8) is 0 Å². The van der Waals surface area contributed by atoms with Crippen molar-refractivity contribution in [1.29, 1.82) is 0 Å². The molecule has 0 fully saturated rings. The highest BCUT2D eigenvalue weighted by atomic mass is 35.5. The van der Waals surface area contributed by atoms with Crippen LogP contribution in [0.15, 0.2) is 29.2 Å². The van der Waals surface area contributed by atoms with Gasteiger partial charge >= 0.3 is 0 Å². The van der Waals surface area contributed by atoms with E-state index in [1.54, 1.807) is 18.7 Å². The number of rotatable bonds is 6. The van der Waals surface area contributed by atoms with Crippen molar-refractivity contribution in [2.75, 3.05) is 0 Å². The van der Waals surface area contributed by atoms with E-state index in [9.17, 15) is 9.90 Å². The van der Waals surface area contributed by atoms with Crippen LogP contribution in [0.3, 0.4) is 0 Å². The number of halogens is 1. The molecule has 2 nitrogen and oxygen atoms in total. The topological polar surface area (TPSA) is 37.3 Å². The molecule has 0 aliphatic heterocycles. The maximum Gasteiger partial charge on any atom is 0.147 e. The number of aliphatic hydroxyl groups is 1. The van der Waals surface area contributed by atoms with Crippen molar-refractivity contribution in [1.82, 2.24) is 0 Å². The maximum absolute atomic E-state index is 11.4. The average molecular weight is 315 g/mol. The molecular weight excluding hydrogens is 292 g/mol. The predicted molar refractivity (Wildman–Crippen MR) is 86.4 cm³/mol. The highest BCUT2D eigenvalue weighted by Crippen LogP contribution is 2.46. The first-order chi connectivity index (χ1) is 8.99. The average Bonchev–Trinajstić information content (AvgIpc) is 2.29. The maximum atomic E-state index is 11.4. The second-order valence-corrected chi connectivity index (χ2v) is 8.86. The Balaban J connectivity index is 2.88. The van der Waals surface area contributed by atoms with Gasteiger partial charge in [-0.1, -0.05) is 43.1 Å². The molecule has 2 unspecified atom stereocenters. The van der Waals surface area contributed by atoms with E-state index in [1.807, 2.05) is 6.92 Å². The van der Waals surface area contributed by atoms with E-state index in [0.29, 0.717) is 6.42 Å². The summed E-state index contributed by atoms with van der Waals surface area (Å²) >= 11 is 7.67. The van der Waals surface area contributed by atoms with Crippen molar-refractivity contribution >= 4 is 29.6 Å². The number of thioether (sulfide) groups is 1. The molecule has 1 aromatic carbocycles. The summed E-state index contributed by atoms with van der Waals surface area (Å²) in [6.45, 7) is 9.33. The highest BCUT2D eigenvalue weighted by Gasteiger charge is 2.45. The van der Waals surface area contributed by atoms with E-state index in [4.69, 9.17) is 11.6 Å². The SMILES string of the molecule is Cc1ccc(SC(C)(C)CC(C)(C=O)C(C)(O)Cl)cc1. The van der Waals surface area contributed by atoms with Gasteiger partial charge in [0.2, 0.25) is 0 Å². The number of carbonyl (C=O) groups is 1. The minimum Gasteiger partial charge on any atom is -0.374 e. The summed E-state index contributed by atoms with van der Waals surface area (Å²) in [7, 11) is 0. The lowest BCUT2D eigenvalue weighted by Crippen LogP contribution is -2.44. The molecule has 0 saturated heterocycles. The highest BCUT2D eigenvalue weighted by molar-refractivity contribution is 8.00. The van der Waals surface area contributed by atoms with Gasteiger partial charge in [-0.15, -0.1) is 11.8 Å². The Hall–Kier alpha value is -0.510. The van der Waals surface area contributed by atoms with Gasteiger partial charge in [-0.2, -0.15) is 0 Å². The van der Waals surface area contributed by atoms with E-state index in [2.05, 4.69) is 38.1 Å². The zero-order chi connectivity index (χ0) is 15.6. The monoisotopic (exact) mass is 314 g/mol. The van der Waals surface area contributed by atoms with E-state index in [-0.39, 0.29) is 4.75 Å². The first kappa shape index (κ1) is 17.5. The van der Waals surface area contributed by atoms with Crippen LogP contribution in [0.1, 0.15) is 39.7 Å². The van der Waals surface area contributed by atoms with Gasteiger partial charge in [-0.3, -0.25) is 0 Å². The molecule has 20 heavy (non-hydrogen) atoms. The third-order valence-corrected chi connectivity index (χ3v) is 5.15. The summed E-state index contributed by atoms with van der Waals surface area (Å²) in [6, 6.07) is 8.27. The number of carbonyl (C=O) groups excluding carboxylic acids is 1. The largest absolute Gasteiger partial charge is 0.374 e. The van der Waals surface area contributed by atoms with Crippen LogP contribution in [0.25, 0.3) is 0 Å². The Morgan fingerprint density at radius 2 is 1.70 bits per heavy atom. The van der Waals surface area contributed by atoms with Gasteiger partial charge < -0.3 is 9.90 Å². The molecule has 0 spiro atoms. The van der Waals surface area contributed by atoms with E-state index in [1.165, 1.54) is 12.5 Å². The van der Waals surface area contributed by atoms with Gasteiger partial charge in [0.25, 0.3) is 0 Å². The third kappa shape index (κ3) is 4.51. The van der Waals surface area contributed by atoms with E-state index < -0.39 is 10.5 Å². The van der Waals surface area contributed by atoms with Crippen molar-refractivity contribution < 1.29 is 9.90 Å². The van der Waals surface area contributed by atoms with E-state index in [0.717, 1.165) is 11.2 Å². The number of aryl methyl sites for hydroxylation is 1. The summed E-state index contributed by atoms with van der Waals surface area (Å²) in [6.07, 6.45) is 1.25. The van der Waals surface area contributed by atoms with Crippen LogP contribution in [0.5, 0.6) is 0 Å². The van der Waals surface area contributed by atoms with Crippen LogP contribution < -0.4 is 0 Å². The summed E-state index contributed by atoms with van der Waals surface area (Å²) in [5.74, 6) is 0. The van der Waals surface area contributed by atoms with Crippen LogP contribution in [0.4, 0.5) is 0 Å². The van der Waals surface area contributed by atoms with Crippen LogP contribution >= 0.6 is 23.4 Å². The molecule has 1 N–H and O–H groups in total. The fraction of sp³-hybridized carbons (Fsp3) is 0.562. The lowest BCUT2D eigenvalue weighted by molar-refractivity contribution is -0.124. The second-order valence-electron chi connectivity index (χ2n) is 6.34. The lowest BCUT2D eigenvalue weighted by atomic mass is 9.78. The van der Waals surface area contributed by atoms with Gasteiger partial charge in [-0.05, 0) is 39.3 Å². The number of hydrogen-bond acceptors (Lipinski definition) is 3. The predicted octanol–water partition coefficient (Wildman–Crippen LogP) is 4.41. The molecule has 0 aromatic heterocycles. The van der Waals surface area contributed by atoms with E-state index >= 15 is 0 Å². The molecule has 0 aliphatic carbocycles. The summed E-state index contributed by atoms with van der Waals surface area (Å²) < 4.78 is -0.218. The Morgan fingerprint density at radius 1 is 1.20 bits per heavy atom. The minimum absolute atomic E-state index is 0.218. The van der Waals surface area contributed by atoms with Crippen LogP contribution in [-0.2, 0) is 4.79 Å². The third-order valence-electron chi connectivity index (χ3n) is 3.51. The van der Waals surface area contributed by atoms with Gasteiger partial charge in [-0.25, -0.2) is 0 Å².